The quantitative estimate of drug-likeness (QED) is 0.793. The van der Waals surface area contributed by atoms with Crippen molar-refractivity contribution in [2.75, 3.05) is 5.73 Å². The van der Waals surface area contributed by atoms with E-state index in [1.807, 2.05) is 24.3 Å². The second kappa shape index (κ2) is 5.01. The summed E-state index contributed by atoms with van der Waals surface area (Å²) in [6, 6.07) is 9.47. The van der Waals surface area contributed by atoms with Crippen LogP contribution < -0.4 is 10.5 Å². The third-order valence-corrected chi connectivity index (χ3v) is 3.21. The molecule has 0 aliphatic heterocycles. The van der Waals surface area contributed by atoms with Gasteiger partial charge in [-0.25, -0.2) is 4.98 Å². The van der Waals surface area contributed by atoms with Crippen LogP contribution in [0.5, 0.6) is 11.6 Å². The van der Waals surface area contributed by atoms with E-state index in [1.54, 1.807) is 12.3 Å². The molecule has 2 rings (SSSR count). The molecule has 3 nitrogen and oxygen atoms in total. The number of benzene rings is 1. The Morgan fingerprint density at radius 2 is 2.06 bits per heavy atom. The first kappa shape index (κ1) is 11.7. The molecule has 0 saturated heterocycles. The summed E-state index contributed by atoms with van der Waals surface area (Å²) in [6.45, 7) is 0. The molecule has 0 fully saturated rings. The van der Waals surface area contributed by atoms with Crippen LogP contribution in [0.25, 0.3) is 0 Å². The van der Waals surface area contributed by atoms with Crippen LogP contribution in [0.3, 0.4) is 0 Å². The fraction of sp³-hybridized carbons (Fsp3) is 0. The largest absolute Gasteiger partial charge is 0.436 e. The molecule has 1 heterocycles. The van der Waals surface area contributed by atoms with Gasteiger partial charge < -0.3 is 10.5 Å². The first-order valence-corrected chi connectivity index (χ1v) is 6.37. The van der Waals surface area contributed by atoms with Gasteiger partial charge in [-0.1, -0.05) is 12.1 Å². The van der Waals surface area contributed by atoms with Gasteiger partial charge in [0.1, 0.15) is 5.75 Å². The molecular formula is C11H8BrIN2O. The molecule has 0 bridgehead atoms. The number of nitrogens with two attached hydrogens (primary N) is 1. The van der Waals surface area contributed by atoms with Crippen LogP contribution in [0.1, 0.15) is 0 Å². The van der Waals surface area contributed by atoms with Crippen molar-refractivity contribution in [2.45, 2.75) is 0 Å². The van der Waals surface area contributed by atoms with E-state index in [9.17, 15) is 0 Å². The van der Waals surface area contributed by atoms with Crippen molar-refractivity contribution in [1.29, 1.82) is 0 Å². The Hall–Kier alpha value is -0.820. The number of aromatic nitrogens is 1. The number of para-hydroxylation sites is 1. The summed E-state index contributed by atoms with van der Waals surface area (Å²) in [5, 5.41) is 0. The maximum Gasteiger partial charge on any atom is 0.242 e. The standard InChI is InChI=1S/C11H8BrIN2O/c12-7-5-9(14)11(15-6-7)16-10-4-2-1-3-8(10)13/h1-6H,14H2. The molecule has 2 aromatic rings. The molecule has 0 amide bonds. The minimum absolute atomic E-state index is 0.423. The maximum absolute atomic E-state index is 5.80. The van der Waals surface area contributed by atoms with Crippen molar-refractivity contribution in [3.63, 3.8) is 0 Å². The third-order valence-electron chi connectivity index (χ3n) is 1.89. The van der Waals surface area contributed by atoms with Crippen LogP contribution in [0.15, 0.2) is 41.0 Å². The number of nitrogens with zero attached hydrogens (tertiary/aromatic N) is 1. The van der Waals surface area contributed by atoms with Crippen LogP contribution >= 0.6 is 38.5 Å². The Morgan fingerprint density at radius 1 is 1.31 bits per heavy atom. The van der Waals surface area contributed by atoms with E-state index in [0.29, 0.717) is 11.6 Å². The van der Waals surface area contributed by atoms with Gasteiger partial charge in [-0.05, 0) is 56.7 Å². The lowest BCUT2D eigenvalue weighted by atomic mass is 10.3. The number of pyridine rings is 1. The number of anilines is 1. The summed E-state index contributed by atoms with van der Waals surface area (Å²) in [5.74, 6) is 1.18. The van der Waals surface area contributed by atoms with Crippen LogP contribution in [0.2, 0.25) is 0 Å². The van der Waals surface area contributed by atoms with E-state index < -0.39 is 0 Å². The van der Waals surface area contributed by atoms with Gasteiger partial charge in [0.05, 0.1) is 9.26 Å². The molecule has 82 valence electrons. The minimum Gasteiger partial charge on any atom is -0.436 e. The number of hydrogen-bond acceptors (Lipinski definition) is 3. The monoisotopic (exact) mass is 390 g/mol. The molecule has 0 saturated carbocycles. The first-order chi connectivity index (χ1) is 7.66. The Bertz CT molecular complexity index is 519. The van der Waals surface area contributed by atoms with Crippen molar-refractivity contribution in [3.05, 3.63) is 44.6 Å². The normalized spacial score (nSPS) is 10.1. The summed E-state index contributed by atoms with van der Waals surface area (Å²) in [7, 11) is 0. The fourth-order valence-corrected chi connectivity index (χ4v) is 2.01. The highest BCUT2D eigenvalue weighted by Crippen LogP contribution is 2.29. The molecule has 0 aliphatic carbocycles. The van der Waals surface area contributed by atoms with Gasteiger partial charge in [0.15, 0.2) is 0 Å². The van der Waals surface area contributed by atoms with Gasteiger partial charge in [-0.3, -0.25) is 0 Å². The van der Waals surface area contributed by atoms with Crippen LogP contribution in [-0.4, -0.2) is 4.98 Å². The highest BCUT2D eigenvalue weighted by molar-refractivity contribution is 14.1. The van der Waals surface area contributed by atoms with E-state index in [-0.39, 0.29) is 0 Å². The van der Waals surface area contributed by atoms with Gasteiger partial charge >= 0.3 is 0 Å². The maximum atomic E-state index is 5.80. The molecule has 5 heteroatoms. The second-order valence-electron chi connectivity index (χ2n) is 3.08. The molecule has 0 spiro atoms. The van der Waals surface area contributed by atoms with Gasteiger partial charge in [0.2, 0.25) is 5.88 Å². The van der Waals surface area contributed by atoms with Crippen LogP contribution in [-0.2, 0) is 0 Å². The molecular weight excluding hydrogens is 383 g/mol. The predicted molar refractivity (Wildman–Crippen MR) is 75.6 cm³/mol. The number of nitrogen functional groups attached to an aromatic ring is 1. The summed E-state index contributed by atoms with van der Waals surface area (Å²) in [4.78, 5) is 4.12. The summed E-state index contributed by atoms with van der Waals surface area (Å²) in [5.41, 5.74) is 6.31. The highest BCUT2D eigenvalue weighted by atomic mass is 127. The lowest BCUT2D eigenvalue weighted by Gasteiger charge is -2.08. The summed E-state index contributed by atoms with van der Waals surface area (Å²) < 4.78 is 7.48. The van der Waals surface area contributed by atoms with E-state index in [4.69, 9.17) is 10.5 Å². The molecule has 16 heavy (non-hydrogen) atoms. The fourth-order valence-electron chi connectivity index (χ4n) is 1.16. The van der Waals surface area contributed by atoms with Crippen LogP contribution in [0, 0.1) is 3.57 Å². The Kier molecular flexibility index (Phi) is 3.65. The number of halogens is 2. The van der Waals surface area contributed by atoms with Gasteiger partial charge in [-0.15, -0.1) is 0 Å². The van der Waals surface area contributed by atoms with Crippen molar-refractivity contribution in [2.24, 2.45) is 0 Å². The Morgan fingerprint density at radius 3 is 2.75 bits per heavy atom. The van der Waals surface area contributed by atoms with Crippen molar-refractivity contribution in [3.8, 4) is 11.6 Å². The summed E-state index contributed by atoms with van der Waals surface area (Å²) >= 11 is 5.50. The molecule has 2 N–H and O–H groups in total. The zero-order valence-electron chi connectivity index (χ0n) is 8.15. The summed E-state index contributed by atoms with van der Waals surface area (Å²) in [6.07, 6.45) is 1.65. The van der Waals surface area contributed by atoms with Crippen LogP contribution in [0.4, 0.5) is 5.69 Å². The average molecular weight is 391 g/mol. The van der Waals surface area contributed by atoms with Crippen molar-refractivity contribution in [1.82, 2.24) is 4.98 Å². The van der Waals surface area contributed by atoms with E-state index in [1.165, 1.54) is 0 Å². The Balaban J connectivity index is 2.31. The second-order valence-corrected chi connectivity index (χ2v) is 5.16. The number of ether oxygens (including phenoxy) is 1. The van der Waals surface area contributed by atoms with E-state index in [2.05, 4.69) is 43.5 Å². The molecule has 0 aliphatic rings. The topological polar surface area (TPSA) is 48.1 Å². The first-order valence-electron chi connectivity index (χ1n) is 4.50. The van der Waals surface area contributed by atoms with Crippen molar-refractivity contribution < 1.29 is 4.74 Å². The molecule has 0 atom stereocenters. The van der Waals surface area contributed by atoms with Gasteiger partial charge in [-0.2, -0.15) is 0 Å². The molecule has 1 aromatic heterocycles. The molecule has 0 radical (unpaired) electrons. The number of rotatable bonds is 2. The Labute approximate surface area is 115 Å². The van der Waals surface area contributed by atoms with Crippen molar-refractivity contribution >= 4 is 44.2 Å². The highest BCUT2D eigenvalue weighted by Gasteiger charge is 2.06. The number of hydrogen-bond donors (Lipinski definition) is 1. The zero-order chi connectivity index (χ0) is 11.5. The predicted octanol–water partition coefficient (Wildman–Crippen LogP) is 3.82. The lowest BCUT2D eigenvalue weighted by Crippen LogP contribution is -1.95. The lowest BCUT2D eigenvalue weighted by molar-refractivity contribution is 0.462. The zero-order valence-corrected chi connectivity index (χ0v) is 11.9. The average Bonchev–Trinajstić information content (AvgIpc) is 2.25. The van der Waals surface area contributed by atoms with E-state index >= 15 is 0 Å². The minimum atomic E-state index is 0.423. The molecule has 1 aromatic carbocycles. The smallest absolute Gasteiger partial charge is 0.242 e. The molecule has 0 unspecified atom stereocenters. The SMILES string of the molecule is Nc1cc(Br)cnc1Oc1ccccc1I. The third kappa shape index (κ3) is 2.65. The van der Waals surface area contributed by atoms with E-state index in [0.717, 1.165) is 13.8 Å². The van der Waals surface area contributed by atoms with Gasteiger partial charge in [0.25, 0.3) is 0 Å². The van der Waals surface area contributed by atoms with Gasteiger partial charge in [0, 0.05) is 10.7 Å².